The number of aryl methyl sites for hydroxylation is 2. The number of para-hydroxylation sites is 1. The smallest absolute Gasteiger partial charge is 0.279 e. The molecule has 1 aliphatic heterocycles. The third-order valence-corrected chi connectivity index (χ3v) is 6.43. The highest BCUT2D eigenvalue weighted by Gasteiger charge is 2.26. The van der Waals surface area contributed by atoms with Crippen molar-refractivity contribution in [3.05, 3.63) is 29.3 Å². The van der Waals surface area contributed by atoms with E-state index in [4.69, 9.17) is 4.74 Å². The average Bonchev–Trinajstić information content (AvgIpc) is 2.60. The van der Waals surface area contributed by atoms with Gasteiger partial charge >= 0.3 is 0 Å². The molecule has 1 aromatic rings. The SMILES string of the molecule is Cc1cccc(C)c1OCCCC(=O)N1CCC(NS(=O)(=O)N(C)C)CC1. The van der Waals surface area contributed by atoms with E-state index >= 15 is 0 Å². The summed E-state index contributed by atoms with van der Waals surface area (Å²) in [4.78, 5) is 14.2. The van der Waals surface area contributed by atoms with Crippen LogP contribution in [0.15, 0.2) is 18.2 Å². The lowest BCUT2D eigenvalue weighted by atomic mass is 10.1. The van der Waals surface area contributed by atoms with Crippen molar-refractivity contribution < 1.29 is 17.9 Å². The summed E-state index contributed by atoms with van der Waals surface area (Å²) in [5.74, 6) is 1.01. The van der Waals surface area contributed by atoms with Gasteiger partial charge in [0.1, 0.15) is 5.75 Å². The van der Waals surface area contributed by atoms with Crippen molar-refractivity contribution in [2.24, 2.45) is 0 Å². The van der Waals surface area contributed by atoms with Gasteiger partial charge in [-0.25, -0.2) is 0 Å². The highest BCUT2D eigenvalue weighted by atomic mass is 32.2. The number of likely N-dealkylation sites (tertiary alicyclic amines) is 1. The van der Waals surface area contributed by atoms with Crippen molar-refractivity contribution in [3.8, 4) is 5.75 Å². The lowest BCUT2D eigenvalue weighted by molar-refractivity contribution is -0.132. The van der Waals surface area contributed by atoms with Gasteiger partial charge in [0, 0.05) is 39.6 Å². The third kappa shape index (κ3) is 6.19. The van der Waals surface area contributed by atoms with Crippen LogP contribution in [0.5, 0.6) is 5.75 Å². The number of piperidine rings is 1. The van der Waals surface area contributed by atoms with Gasteiger partial charge in [-0.05, 0) is 44.2 Å². The maximum absolute atomic E-state index is 12.4. The van der Waals surface area contributed by atoms with Crippen LogP contribution in [0.25, 0.3) is 0 Å². The lowest BCUT2D eigenvalue weighted by Gasteiger charge is -2.32. The van der Waals surface area contributed by atoms with Gasteiger partial charge in [0.05, 0.1) is 6.61 Å². The van der Waals surface area contributed by atoms with E-state index in [1.807, 2.05) is 36.9 Å². The van der Waals surface area contributed by atoms with E-state index in [1.165, 1.54) is 18.4 Å². The van der Waals surface area contributed by atoms with Crippen LogP contribution in [-0.4, -0.2) is 63.4 Å². The molecule has 0 aliphatic carbocycles. The van der Waals surface area contributed by atoms with E-state index in [0.29, 0.717) is 45.4 Å². The van der Waals surface area contributed by atoms with Crippen LogP contribution in [0.2, 0.25) is 0 Å². The predicted octanol–water partition coefficient (Wildman–Crippen LogP) is 1.85. The molecule has 0 radical (unpaired) electrons. The number of hydrogen-bond donors (Lipinski definition) is 1. The summed E-state index contributed by atoms with van der Waals surface area (Å²) in [6.45, 7) is 5.70. The van der Waals surface area contributed by atoms with Gasteiger partial charge < -0.3 is 9.64 Å². The minimum Gasteiger partial charge on any atom is -0.493 e. The molecule has 0 atom stereocenters. The van der Waals surface area contributed by atoms with Gasteiger partial charge in [0.15, 0.2) is 0 Å². The van der Waals surface area contributed by atoms with Gasteiger partial charge in [0.25, 0.3) is 10.2 Å². The van der Waals surface area contributed by atoms with Gasteiger partial charge in [-0.15, -0.1) is 0 Å². The normalized spacial score (nSPS) is 16.0. The Morgan fingerprint density at radius 3 is 2.37 bits per heavy atom. The number of hydrogen-bond acceptors (Lipinski definition) is 4. The molecular weight excluding hydrogens is 366 g/mol. The largest absolute Gasteiger partial charge is 0.493 e. The first-order valence-corrected chi connectivity index (χ1v) is 10.8. The Hall–Kier alpha value is -1.64. The first-order chi connectivity index (χ1) is 12.7. The monoisotopic (exact) mass is 397 g/mol. The molecule has 0 unspecified atom stereocenters. The van der Waals surface area contributed by atoms with E-state index < -0.39 is 10.2 Å². The molecule has 0 aromatic heterocycles. The molecule has 1 saturated heterocycles. The van der Waals surface area contributed by atoms with Crippen LogP contribution in [0.4, 0.5) is 0 Å². The van der Waals surface area contributed by atoms with Crippen LogP contribution in [0, 0.1) is 13.8 Å². The van der Waals surface area contributed by atoms with Crippen molar-refractivity contribution in [3.63, 3.8) is 0 Å². The summed E-state index contributed by atoms with van der Waals surface area (Å²) < 4.78 is 33.4. The highest BCUT2D eigenvalue weighted by Crippen LogP contribution is 2.22. The molecule has 1 fully saturated rings. The molecule has 0 saturated carbocycles. The van der Waals surface area contributed by atoms with Crippen molar-refractivity contribution in [1.82, 2.24) is 13.9 Å². The molecule has 8 heteroatoms. The zero-order chi connectivity index (χ0) is 20.0. The second kappa shape index (κ2) is 9.52. The Balaban J connectivity index is 1.70. The van der Waals surface area contributed by atoms with Crippen LogP contribution >= 0.6 is 0 Å². The van der Waals surface area contributed by atoms with Crippen molar-refractivity contribution in [2.75, 3.05) is 33.8 Å². The van der Waals surface area contributed by atoms with E-state index in [1.54, 1.807) is 0 Å². The van der Waals surface area contributed by atoms with Crippen LogP contribution in [0.1, 0.15) is 36.8 Å². The van der Waals surface area contributed by atoms with E-state index in [9.17, 15) is 13.2 Å². The fourth-order valence-electron chi connectivity index (χ4n) is 3.15. The number of ether oxygens (including phenoxy) is 1. The standard InChI is InChI=1S/C19H31N3O4S/c1-15-7-5-8-16(2)19(15)26-14-6-9-18(23)22-12-10-17(11-13-22)20-27(24,25)21(3)4/h5,7-8,17,20H,6,9-14H2,1-4H3. The van der Waals surface area contributed by atoms with Crippen molar-refractivity contribution in [2.45, 2.75) is 45.6 Å². The first-order valence-electron chi connectivity index (χ1n) is 9.37. The van der Waals surface area contributed by atoms with E-state index in [-0.39, 0.29) is 11.9 Å². The number of nitrogens with zero attached hydrogens (tertiary/aromatic N) is 2. The molecule has 7 nitrogen and oxygen atoms in total. The van der Waals surface area contributed by atoms with Gasteiger partial charge in [-0.1, -0.05) is 18.2 Å². The Labute approximate surface area is 162 Å². The average molecular weight is 398 g/mol. The highest BCUT2D eigenvalue weighted by molar-refractivity contribution is 7.87. The summed E-state index contributed by atoms with van der Waals surface area (Å²) in [7, 11) is -0.420. The molecule has 1 amide bonds. The number of benzene rings is 1. The maximum Gasteiger partial charge on any atom is 0.279 e. The second-order valence-corrected chi connectivity index (χ2v) is 9.15. The van der Waals surface area contributed by atoms with Gasteiger partial charge in [-0.2, -0.15) is 17.4 Å². The summed E-state index contributed by atoms with van der Waals surface area (Å²) >= 11 is 0. The zero-order valence-corrected chi connectivity index (χ0v) is 17.5. The predicted molar refractivity (Wildman–Crippen MR) is 106 cm³/mol. The Kier molecular flexibility index (Phi) is 7.64. The molecule has 0 spiro atoms. The fourth-order valence-corrected chi connectivity index (χ4v) is 4.01. The van der Waals surface area contributed by atoms with E-state index in [2.05, 4.69) is 4.72 Å². The Morgan fingerprint density at radius 2 is 1.81 bits per heavy atom. The molecule has 1 heterocycles. The first kappa shape index (κ1) is 21.7. The number of carbonyl (C=O) groups excluding carboxylic acids is 1. The zero-order valence-electron chi connectivity index (χ0n) is 16.7. The molecular formula is C19H31N3O4S. The molecule has 1 aliphatic rings. The summed E-state index contributed by atoms with van der Waals surface area (Å²) in [6, 6.07) is 5.92. The molecule has 0 bridgehead atoms. The van der Waals surface area contributed by atoms with Crippen LogP contribution in [0.3, 0.4) is 0 Å². The third-order valence-electron chi connectivity index (χ3n) is 4.83. The second-order valence-electron chi connectivity index (χ2n) is 7.23. The summed E-state index contributed by atoms with van der Waals surface area (Å²) in [5, 5.41) is 0. The van der Waals surface area contributed by atoms with Crippen molar-refractivity contribution >= 4 is 16.1 Å². The minimum atomic E-state index is -3.42. The van der Waals surface area contributed by atoms with E-state index in [0.717, 1.165) is 16.9 Å². The van der Waals surface area contributed by atoms with Crippen molar-refractivity contribution in [1.29, 1.82) is 0 Å². The Morgan fingerprint density at radius 1 is 1.22 bits per heavy atom. The molecule has 152 valence electrons. The minimum absolute atomic E-state index is 0.106. The summed E-state index contributed by atoms with van der Waals surface area (Å²) in [6.07, 6.45) is 2.38. The van der Waals surface area contributed by atoms with Gasteiger partial charge in [-0.3, -0.25) is 4.79 Å². The maximum atomic E-state index is 12.4. The number of nitrogens with one attached hydrogen (secondary N) is 1. The number of amides is 1. The summed E-state index contributed by atoms with van der Waals surface area (Å²) in [5.41, 5.74) is 2.20. The number of rotatable bonds is 8. The van der Waals surface area contributed by atoms with Gasteiger partial charge in [0.2, 0.25) is 5.91 Å². The molecule has 1 aromatic carbocycles. The quantitative estimate of drug-likeness (QED) is 0.679. The van der Waals surface area contributed by atoms with Crippen LogP contribution < -0.4 is 9.46 Å². The number of carbonyl (C=O) groups is 1. The van der Waals surface area contributed by atoms with Crippen LogP contribution in [-0.2, 0) is 15.0 Å². The molecule has 27 heavy (non-hydrogen) atoms. The Bertz CT molecular complexity index is 721. The molecule has 1 N–H and O–H groups in total. The fraction of sp³-hybridized carbons (Fsp3) is 0.632. The molecule has 2 rings (SSSR count). The lowest BCUT2D eigenvalue weighted by Crippen LogP contribution is -2.49. The topological polar surface area (TPSA) is 79.0 Å².